The quantitative estimate of drug-likeness (QED) is 0.629. The van der Waals surface area contributed by atoms with Crippen LogP contribution < -0.4 is 0 Å². The topological polar surface area (TPSA) is 90.3 Å². The average molecular weight is 493 g/mol. The van der Waals surface area contributed by atoms with Gasteiger partial charge in [0.2, 0.25) is 0 Å². The highest BCUT2D eigenvalue weighted by Gasteiger charge is 2.75. The summed E-state index contributed by atoms with van der Waals surface area (Å²) in [7, 11) is 0. The maximum Gasteiger partial charge on any atom is 0.264 e. The van der Waals surface area contributed by atoms with Gasteiger partial charge in [-0.05, 0) is 69.5 Å². The zero-order chi connectivity index (χ0) is 24.6. The number of imide groups is 1. The first kappa shape index (κ1) is 21.4. The third-order valence-electron chi connectivity index (χ3n) is 10.3. The minimum atomic E-state index is -1.08. The molecule has 7 aliphatic rings. The maximum atomic E-state index is 14.6. The van der Waals surface area contributed by atoms with E-state index in [-0.39, 0.29) is 22.9 Å². The molecule has 36 heavy (non-hydrogen) atoms. The number of aliphatic hydroxyl groups excluding tert-OH is 1. The Morgan fingerprint density at radius 3 is 2.72 bits per heavy atom. The molecule has 188 valence electrons. The molecule has 2 saturated heterocycles. The number of allylic oxidation sites excluding steroid dienone is 2. The van der Waals surface area contributed by atoms with Crippen LogP contribution in [0.1, 0.15) is 72.1 Å². The number of benzene rings is 1. The second kappa shape index (κ2) is 6.78. The molecule has 1 aromatic rings. The van der Waals surface area contributed by atoms with E-state index < -0.39 is 40.8 Å². The Labute approximate surface area is 208 Å². The number of halogens is 1. The highest BCUT2D eigenvalue weighted by atomic mass is 19.1. The van der Waals surface area contributed by atoms with E-state index in [2.05, 4.69) is 4.90 Å². The van der Waals surface area contributed by atoms with Gasteiger partial charge < -0.3 is 14.9 Å². The molecule has 3 aliphatic heterocycles. The second-order valence-electron chi connectivity index (χ2n) is 11.8. The lowest BCUT2D eigenvalue weighted by Crippen LogP contribution is -2.75. The van der Waals surface area contributed by atoms with Crippen molar-refractivity contribution < 1.29 is 28.9 Å². The fourth-order valence-electron chi connectivity index (χ4n) is 8.58. The van der Waals surface area contributed by atoms with Crippen LogP contribution in [-0.4, -0.2) is 68.7 Å². The number of likely N-dealkylation sites (tertiary alicyclic amines) is 1. The first-order chi connectivity index (χ1) is 17.3. The smallest absolute Gasteiger partial charge is 0.264 e. The zero-order valence-corrected chi connectivity index (χ0v) is 20.0. The van der Waals surface area contributed by atoms with Crippen molar-refractivity contribution in [3.05, 3.63) is 57.8 Å². The summed E-state index contributed by atoms with van der Waals surface area (Å²) in [5.41, 5.74) is 0.175. The number of aliphatic hydroxyl groups is 2. The van der Waals surface area contributed by atoms with Gasteiger partial charge in [-0.3, -0.25) is 19.4 Å². The Kier molecular flexibility index (Phi) is 4.03. The largest absolute Gasteiger partial charge is 0.508 e. The molecule has 8 rings (SSSR count). The molecule has 2 saturated carbocycles. The van der Waals surface area contributed by atoms with Gasteiger partial charge in [-0.2, -0.15) is 0 Å². The predicted molar refractivity (Wildman–Crippen MR) is 125 cm³/mol. The molecule has 7 nitrogen and oxygen atoms in total. The SMILES string of the molecule is O=C1c2cccc(F)c2C(=O)N1[C@@H]1CCC2(O)[C@H]3CC4=C5C(=C(O)CC4)O[C@@H]1[C@]52CCN3CC1CC1. The van der Waals surface area contributed by atoms with Crippen molar-refractivity contribution in [3.8, 4) is 0 Å². The van der Waals surface area contributed by atoms with Crippen LogP contribution in [0.4, 0.5) is 4.39 Å². The fraction of sp³-hybridized carbons (Fsp3) is 0.571. The van der Waals surface area contributed by atoms with E-state index in [1.165, 1.54) is 41.5 Å². The molecule has 4 aliphatic carbocycles. The van der Waals surface area contributed by atoms with Crippen LogP contribution in [0.25, 0.3) is 0 Å². The van der Waals surface area contributed by atoms with Crippen molar-refractivity contribution in [1.82, 2.24) is 9.80 Å². The Balaban J connectivity index is 1.27. The molecular weight excluding hydrogens is 463 g/mol. The lowest BCUT2D eigenvalue weighted by molar-refractivity contribution is -0.218. The number of rotatable bonds is 3. The molecule has 2 N–H and O–H groups in total. The summed E-state index contributed by atoms with van der Waals surface area (Å²) in [6.07, 6.45) is 5.23. The summed E-state index contributed by atoms with van der Waals surface area (Å²) in [6.45, 7) is 1.80. The van der Waals surface area contributed by atoms with Gasteiger partial charge in [-0.1, -0.05) is 11.6 Å². The molecule has 0 aromatic heterocycles. The molecule has 2 bridgehead atoms. The number of fused-ring (bicyclic) bond motifs is 1. The van der Waals surface area contributed by atoms with Gasteiger partial charge in [0.1, 0.15) is 17.7 Å². The predicted octanol–water partition coefficient (Wildman–Crippen LogP) is 3.45. The summed E-state index contributed by atoms with van der Waals surface area (Å²) < 4.78 is 21.2. The first-order valence-corrected chi connectivity index (χ1v) is 13.3. The standard InChI is InChI=1S/C28H29FN2O5/c29-17-3-1-2-16-21(17)26(34)31(25(16)33)18-8-9-28(35)20-12-15-6-7-19(32)23-22(15)27(28,24(18)36-23)10-11-30(20)13-14-4-5-14/h1-3,14,18,20,24,32,35H,4-13H2/t18-,20-,24+,27+,28?/m1/s1. The van der Waals surface area contributed by atoms with Crippen molar-refractivity contribution in [3.63, 3.8) is 0 Å². The van der Waals surface area contributed by atoms with Crippen LogP contribution in [0.15, 0.2) is 40.9 Å². The second-order valence-corrected chi connectivity index (χ2v) is 11.8. The van der Waals surface area contributed by atoms with Gasteiger partial charge >= 0.3 is 0 Å². The molecule has 1 spiro atoms. The van der Waals surface area contributed by atoms with E-state index in [1.807, 2.05) is 0 Å². The number of carbonyl (C=O) groups is 2. The summed E-state index contributed by atoms with van der Waals surface area (Å²) in [4.78, 5) is 30.6. The summed E-state index contributed by atoms with van der Waals surface area (Å²) in [6, 6.07) is 3.45. The van der Waals surface area contributed by atoms with Crippen molar-refractivity contribution >= 4 is 11.8 Å². The Morgan fingerprint density at radius 1 is 1.11 bits per heavy atom. The number of hydrogen-bond donors (Lipinski definition) is 2. The summed E-state index contributed by atoms with van der Waals surface area (Å²) in [5.74, 6) is -0.509. The van der Waals surface area contributed by atoms with Gasteiger partial charge in [-0.15, -0.1) is 0 Å². The van der Waals surface area contributed by atoms with E-state index >= 15 is 0 Å². The Hall–Kier alpha value is -2.71. The highest BCUT2D eigenvalue weighted by molar-refractivity contribution is 6.21. The van der Waals surface area contributed by atoms with Gasteiger partial charge in [-0.25, -0.2) is 4.39 Å². The number of piperidine rings is 1. The molecular formula is C28H29FN2O5. The van der Waals surface area contributed by atoms with E-state index in [0.29, 0.717) is 37.4 Å². The highest BCUT2D eigenvalue weighted by Crippen LogP contribution is 2.69. The van der Waals surface area contributed by atoms with E-state index in [0.717, 1.165) is 31.5 Å². The molecule has 4 fully saturated rings. The molecule has 1 aromatic carbocycles. The number of amides is 2. The lowest BCUT2D eigenvalue weighted by Gasteiger charge is -2.64. The number of hydrogen-bond acceptors (Lipinski definition) is 6. The maximum absolute atomic E-state index is 14.6. The van der Waals surface area contributed by atoms with Gasteiger partial charge in [0, 0.05) is 24.6 Å². The van der Waals surface area contributed by atoms with Crippen molar-refractivity contribution in [1.29, 1.82) is 0 Å². The van der Waals surface area contributed by atoms with Gasteiger partial charge in [0.05, 0.1) is 28.2 Å². The van der Waals surface area contributed by atoms with E-state index in [9.17, 15) is 24.2 Å². The minimum absolute atomic E-state index is 0.0446. The Morgan fingerprint density at radius 2 is 1.94 bits per heavy atom. The molecule has 5 atom stereocenters. The van der Waals surface area contributed by atoms with Crippen LogP contribution in [0.3, 0.4) is 0 Å². The summed E-state index contributed by atoms with van der Waals surface area (Å²) in [5, 5.41) is 23.5. The van der Waals surface area contributed by atoms with Crippen LogP contribution in [-0.2, 0) is 4.74 Å². The average Bonchev–Trinajstić information content (AvgIpc) is 3.54. The number of ether oxygens (including phenoxy) is 1. The fourth-order valence-corrected chi connectivity index (χ4v) is 8.58. The van der Waals surface area contributed by atoms with E-state index in [4.69, 9.17) is 4.74 Å². The monoisotopic (exact) mass is 492 g/mol. The van der Waals surface area contributed by atoms with Crippen molar-refractivity contribution in [2.75, 3.05) is 13.1 Å². The molecule has 1 unspecified atom stereocenters. The van der Waals surface area contributed by atoms with Crippen LogP contribution in [0, 0.1) is 17.2 Å². The lowest BCUT2D eigenvalue weighted by atomic mass is 9.47. The van der Waals surface area contributed by atoms with Crippen LogP contribution in [0.5, 0.6) is 0 Å². The normalized spacial score (nSPS) is 38.9. The number of nitrogens with zero attached hydrogens (tertiary/aromatic N) is 2. The van der Waals surface area contributed by atoms with Crippen LogP contribution >= 0.6 is 0 Å². The molecule has 2 amide bonds. The number of carbonyl (C=O) groups excluding carboxylic acids is 2. The van der Waals surface area contributed by atoms with Gasteiger partial charge in [0.15, 0.2) is 5.76 Å². The molecule has 8 heteroatoms. The van der Waals surface area contributed by atoms with Gasteiger partial charge in [0.25, 0.3) is 11.8 Å². The van der Waals surface area contributed by atoms with Crippen molar-refractivity contribution in [2.45, 2.75) is 75.2 Å². The van der Waals surface area contributed by atoms with Crippen LogP contribution in [0.2, 0.25) is 0 Å². The first-order valence-electron chi connectivity index (χ1n) is 13.3. The summed E-state index contributed by atoms with van der Waals surface area (Å²) >= 11 is 0. The molecule has 3 heterocycles. The Bertz CT molecular complexity index is 1320. The minimum Gasteiger partial charge on any atom is -0.508 e. The third kappa shape index (κ3) is 2.36. The third-order valence-corrected chi connectivity index (χ3v) is 10.3. The zero-order valence-electron chi connectivity index (χ0n) is 20.0. The van der Waals surface area contributed by atoms with Crippen molar-refractivity contribution in [2.24, 2.45) is 11.3 Å². The van der Waals surface area contributed by atoms with E-state index in [1.54, 1.807) is 0 Å². The molecule has 0 radical (unpaired) electrons.